The van der Waals surface area contributed by atoms with Crippen molar-refractivity contribution in [2.24, 2.45) is 0 Å². The Bertz CT molecular complexity index is 1210. The van der Waals surface area contributed by atoms with Crippen LogP contribution in [0.2, 0.25) is 0 Å². The third-order valence-electron chi connectivity index (χ3n) is 6.56. The quantitative estimate of drug-likeness (QED) is 0.381. The average molecular weight is 432 g/mol. The number of fused-ring (bicyclic) bond motifs is 2. The summed E-state index contributed by atoms with van der Waals surface area (Å²) in [7, 11) is 0. The number of anilines is 1. The zero-order chi connectivity index (χ0) is 20.7. The number of benzene rings is 2. The van der Waals surface area contributed by atoms with Gasteiger partial charge in [-0.2, -0.15) is 0 Å². The van der Waals surface area contributed by atoms with E-state index in [1.165, 1.54) is 44.4 Å². The minimum atomic E-state index is 0. The van der Waals surface area contributed by atoms with Crippen molar-refractivity contribution in [3.8, 4) is 0 Å². The molecule has 4 aromatic rings. The molecule has 0 N–H and O–H groups in total. The summed E-state index contributed by atoms with van der Waals surface area (Å²) >= 11 is 0. The van der Waals surface area contributed by atoms with E-state index >= 15 is 0 Å². The minimum Gasteiger partial charge on any atom is -0.350 e. The molecule has 0 atom stereocenters. The lowest BCUT2D eigenvalue weighted by Crippen LogP contribution is -2.31. The first kappa shape index (κ1) is 21.5. The molecule has 0 aliphatic carbocycles. The van der Waals surface area contributed by atoms with Gasteiger partial charge in [0.25, 0.3) is 0 Å². The topological polar surface area (TPSA) is 21.1 Å². The molecule has 3 heterocycles. The average Bonchev–Trinajstić information content (AvgIpc) is 3.06. The van der Waals surface area contributed by atoms with E-state index < -0.39 is 0 Å². The van der Waals surface area contributed by atoms with Gasteiger partial charge in [-0.05, 0) is 55.0 Å². The summed E-state index contributed by atoms with van der Waals surface area (Å²) in [4.78, 5) is 7.38. The van der Waals surface area contributed by atoms with Crippen molar-refractivity contribution in [3.63, 3.8) is 0 Å². The maximum atomic E-state index is 4.91. The molecule has 3 nitrogen and oxygen atoms in total. The molecule has 0 amide bonds. The van der Waals surface area contributed by atoms with Crippen molar-refractivity contribution >= 4 is 29.1 Å². The highest BCUT2D eigenvalue weighted by Crippen LogP contribution is 2.34. The van der Waals surface area contributed by atoms with E-state index in [1.54, 1.807) is 0 Å². The summed E-state index contributed by atoms with van der Waals surface area (Å²) in [5.41, 5.74) is 9.63. The van der Waals surface area contributed by atoms with Gasteiger partial charge in [0.1, 0.15) is 0 Å². The predicted molar refractivity (Wildman–Crippen MR) is 133 cm³/mol. The zero-order valence-electron chi connectivity index (χ0n) is 18.6. The maximum Gasteiger partial charge on any atom is 0.153 e. The molecule has 0 fully saturated rings. The molecule has 0 spiro atoms. The molecule has 5 rings (SSSR count). The summed E-state index contributed by atoms with van der Waals surface area (Å²) in [5, 5.41) is 1.34. The molecule has 31 heavy (non-hydrogen) atoms. The molecule has 0 unspecified atom stereocenters. The maximum absolute atomic E-state index is 4.91. The van der Waals surface area contributed by atoms with Gasteiger partial charge in [0.15, 0.2) is 5.82 Å². The summed E-state index contributed by atoms with van der Waals surface area (Å²) in [5.74, 6) is 1.12. The van der Waals surface area contributed by atoms with Crippen LogP contribution >= 0.6 is 12.4 Å². The predicted octanol–water partition coefficient (Wildman–Crippen LogP) is 6.25. The lowest BCUT2D eigenvalue weighted by molar-refractivity contribution is 0.715. The lowest BCUT2D eigenvalue weighted by atomic mass is 10.00. The molecule has 1 aliphatic heterocycles. The largest absolute Gasteiger partial charge is 0.350 e. The van der Waals surface area contributed by atoms with Crippen LogP contribution in [0.1, 0.15) is 40.4 Å². The molecule has 160 valence electrons. The van der Waals surface area contributed by atoms with Crippen molar-refractivity contribution in [1.29, 1.82) is 0 Å². The van der Waals surface area contributed by atoms with Crippen LogP contribution in [-0.2, 0) is 25.9 Å². The SMILES string of the molecule is CCc1c(C)c2ccnc(N3CCc4ccccc4C3)c2n1Cc1ccc(C)cc1.Cl. The van der Waals surface area contributed by atoms with E-state index in [-0.39, 0.29) is 12.4 Å². The monoisotopic (exact) mass is 431 g/mol. The van der Waals surface area contributed by atoms with Crippen molar-refractivity contribution in [1.82, 2.24) is 9.55 Å². The van der Waals surface area contributed by atoms with Crippen LogP contribution in [0.4, 0.5) is 5.82 Å². The van der Waals surface area contributed by atoms with E-state index in [0.29, 0.717) is 0 Å². The number of hydrogen-bond donors (Lipinski definition) is 0. The highest BCUT2D eigenvalue weighted by atomic mass is 35.5. The summed E-state index contributed by atoms with van der Waals surface area (Å²) in [6.07, 6.45) is 4.09. The number of hydrogen-bond acceptors (Lipinski definition) is 2. The Morgan fingerprint density at radius 1 is 0.935 bits per heavy atom. The minimum absolute atomic E-state index is 0. The van der Waals surface area contributed by atoms with Crippen molar-refractivity contribution in [2.75, 3.05) is 11.4 Å². The molecule has 0 bridgehead atoms. The number of aryl methyl sites for hydroxylation is 2. The fourth-order valence-electron chi connectivity index (χ4n) is 4.92. The van der Waals surface area contributed by atoms with E-state index in [4.69, 9.17) is 4.98 Å². The summed E-state index contributed by atoms with van der Waals surface area (Å²) in [6.45, 7) is 9.50. The molecule has 2 aromatic heterocycles. The smallest absolute Gasteiger partial charge is 0.153 e. The summed E-state index contributed by atoms with van der Waals surface area (Å²) in [6, 6.07) is 19.9. The van der Waals surface area contributed by atoms with E-state index in [9.17, 15) is 0 Å². The van der Waals surface area contributed by atoms with E-state index in [0.717, 1.165) is 38.3 Å². The van der Waals surface area contributed by atoms with Crippen LogP contribution in [0, 0.1) is 13.8 Å². The molecule has 0 radical (unpaired) electrons. The molecule has 1 aliphatic rings. The Kier molecular flexibility index (Phi) is 6.06. The van der Waals surface area contributed by atoms with Crippen LogP contribution in [0.3, 0.4) is 0 Å². The fourth-order valence-corrected chi connectivity index (χ4v) is 4.92. The standard InChI is InChI=1S/C27H29N3.ClH/c1-4-25-20(3)24-13-15-28-27(29-16-14-22-7-5-6-8-23(22)18-29)26(24)30(25)17-21-11-9-19(2)10-12-21;/h5-13,15H,4,14,16-18H2,1-3H3;1H. The van der Waals surface area contributed by atoms with Gasteiger partial charge in [-0.3, -0.25) is 0 Å². The number of halogens is 1. The van der Waals surface area contributed by atoms with Crippen molar-refractivity contribution in [3.05, 3.63) is 94.3 Å². The second-order valence-electron chi connectivity index (χ2n) is 8.47. The van der Waals surface area contributed by atoms with Gasteiger partial charge in [0, 0.05) is 36.9 Å². The van der Waals surface area contributed by atoms with Crippen molar-refractivity contribution in [2.45, 2.75) is 46.7 Å². The van der Waals surface area contributed by atoms with Gasteiger partial charge >= 0.3 is 0 Å². The highest BCUT2D eigenvalue weighted by Gasteiger charge is 2.23. The lowest BCUT2D eigenvalue weighted by Gasteiger charge is -2.30. The Balaban J connectivity index is 0.00000231. The molecular formula is C27H30ClN3. The number of nitrogens with zero attached hydrogens (tertiary/aromatic N) is 3. The normalized spacial score (nSPS) is 13.2. The first-order chi connectivity index (χ1) is 14.7. The van der Waals surface area contributed by atoms with Crippen LogP contribution in [0.15, 0.2) is 60.8 Å². The zero-order valence-corrected chi connectivity index (χ0v) is 19.4. The highest BCUT2D eigenvalue weighted by molar-refractivity contribution is 5.93. The van der Waals surface area contributed by atoms with Crippen LogP contribution in [0.25, 0.3) is 10.9 Å². The molecule has 0 saturated carbocycles. The second kappa shape index (κ2) is 8.76. The van der Waals surface area contributed by atoms with Gasteiger partial charge in [0.05, 0.1) is 5.52 Å². The third-order valence-corrected chi connectivity index (χ3v) is 6.56. The Labute approximate surface area is 191 Å². The van der Waals surface area contributed by atoms with Gasteiger partial charge in [0.2, 0.25) is 0 Å². The Hall–Kier alpha value is -2.78. The van der Waals surface area contributed by atoms with Crippen molar-refractivity contribution < 1.29 is 0 Å². The molecule has 2 aromatic carbocycles. The van der Waals surface area contributed by atoms with Crippen LogP contribution in [-0.4, -0.2) is 16.1 Å². The van der Waals surface area contributed by atoms with Gasteiger partial charge in [-0.15, -0.1) is 12.4 Å². The Morgan fingerprint density at radius 2 is 1.68 bits per heavy atom. The van der Waals surface area contributed by atoms with Gasteiger partial charge in [-0.25, -0.2) is 4.98 Å². The first-order valence-corrected chi connectivity index (χ1v) is 11.0. The van der Waals surface area contributed by atoms with Crippen LogP contribution < -0.4 is 4.90 Å². The number of pyridine rings is 1. The Morgan fingerprint density at radius 3 is 2.42 bits per heavy atom. The molecule has 0 saturated heterocycles. The molecule has 4 heteroatoms. The van der Waals surface area contributed by atoms with E-state index in [2.05, 4.69) is 84.8 Å². The van der Waals surface area contributed by atoms with Gasteiger partial charge in [-0.1, -0.05) is 61.0 Å². The number of aromatic nitrogens is 2. The first-order valence-electron chi connectivity index (χ1n) is 11.0. The van der Waals surface area contributed by atoms with Crippen LogP contribution in [0.5, 0.6) is 0 Å². The van der Waals surface area contributed by atoms with Gasteiger partial charge < -0.3 is 9.47 Å². The van der Waals surface area contributed by atoms with E-state index in [1.807, 2.05) is 6.20 Å². The molecular weight excluding hydrogens is 402 g/mol. The number of rotatable bonds is 4. The second-order valence-corrected chi connectivity index (χ2v) is 8.47. The fraction of sp³-hybridized carbons (Fsp3) is 0.296. The summed E-state index contributed by atoms with van der Waals surface area (Å²) < 4.78 is 2.51. The third kappa shape index (κ3) is 3.83.